The van der Waals surface area contributed by atoms with E-state index in [9.17, 15) is 4.79 Å². The zero-order valence-corrected chi connectivity index (χ0v) is 14.0. The number of nitrogens with zero attached hydrogens (tertiary/aromatic N) is 3. The van der Waals surface area contributed by atoms with Crippen LogP contribution in [-0.2, 0) is 0 Å². The van der Waals surface area contributed by atoms with Crippen LogP contribution in [0.1, 0.15) is 36.5 Å². The van der Waals surface area contributed by atoms with E-state index in [1.54, 1.807) is 0 Å². The molecular weight excluding hydrogens is 288 g/mol. The number of rotatable bonds is 2. The number of nitrogens with two attached hydrogens (primary N) is 1. The van der Waals surface area contributed by atoms with Crippen LogP contribution in [0.4, 0.5) is 0 Å². The van der Waals surface area contributed by atoms with E-state index in [4.69, 9.17) is 5.73 Å². The van der Waals surface area contributed by atoms with E-state index < -0.39 is 0 Å². The topological polar surface area (TPSA) is 64.2 Å². The Hall–Kier alpha value is -2.14. The van der Waals surface area contributed by atoms with Crippen molar-refractivity contribution in [1.82, 2.24) is 14.7 Å². The summed E-state index contributed by atoms with van der Waals surface area (Å²) in [5.41, 5.74) is 8.51. The highest BCUT2D eigenvalue weighted by Crippen LogP contribution is 2.28. The maximum atomic E-state index is 12.8. The predicted octanol–water partition coefficient (Wildman–Crippen LogP) is 2.38. The van der Waals surface area contributed by atoms with Gasteiger partial charge in [-0.3, -0.25) is 4.79 Å². The molecule has 3 rings (SSSR count). The summed E-state index contributed by atoms with van der Waals surface area (Å²) in [7, 11) is 0. The number of para-hydroxylation sites is 1. The number of aromatic nitrogens is 2. The molecule has 1 aromatic carbocycles. The fraction of sp³-hybridized carbons (Fsp3) is 0.444. The lowest BCUT2D eigenvalue weighted by Gasteiger charge is -2.42. The molecule has 1 amide bonds. The summed E-state index contributed by atoms with van der Waals surface area (Å²) in [4.78, 5) is 14.7. The molecule has 1 fully saturated rings. The highest BCUT2D eigenvalue weighted by molar-refractivity contribution is 5.92. The standard InChI is InChI=1S/C18H24N4O/c1-13-11-15(20-22(13)14-7-5-4-6-8-14)17(23)21-10-9-16(19)18(2,3)12-21/h4-8,11,16H,9-10,12,19H2,1-3H3. The van der Waals surface area contributed by atoms with Gasteiger partial charge < -0.3 is 10.6 Å². The van der Waals surface area contributed by atoms with Gasteiger partial charge in [0.15, 0.2) is 5.69 Å². The van der Waals surface area contributed by atoms with Crippen molar-refractivity contribution in [3.8, 4) is 5.69 Å². The second-order valence-corrected chi connectivity index (χ2v) is 7.03. The minimum Gasteiger partial charge on any atom is -0.337 e. The number of likely N-dealkylation sites (tertiary alicyclic amines) is 1. The molecule has 0 radical (unpaired) electrons. The summed E-state index contributed by atoms with van der Waals surface area (Å²) in [6.45, 7) is 7.56. The van der Waals surface area contributed by atoms with Crippen LogP contribution in [0.3, 0.4) is 0 Å². The van der Waals surface area contributed by atoms with E-state index in [-0.39, 0.29) is 17.4 Å². The molecule has 0 saturated carbocycles. The number of piperidine rings is 1. The molecule has 0 bridgehead atoms. The lowest BCUT2D eigenvalue weighted by Crippen LogP contribution is -2.54. The molecule has 122 valence electrons. The van der Waals surface area contributed by atoms with Gasteiger partial charge in [0.25, 0.3) is 5.91 Å². The zero-order valence-electron chi connectivity index (χ0n) is 14.0. The Balaban J connectivity index is 1.84. The monoisotopic (exact) mass is 312 g/mol. The van der Waals surface area contributed by atoms with Crippen molar-refractivity contribution < 1.29 is 4.79 Å². The molecule has 1 aliphatic heterocycles. The molecule has 2 heterocycles. The van der Waals surface area contributed by atoms with Gasteiger partial charge in [0.05, 0.1) is 5.69 Å². The first-order valence-corrected chi connectivity index (χ1v) is 8.05. The van der Waals surface area contributed by atoms with Gasteiger partial charge in [-0.1, -0.05) is 32.0 Å². The number of carbonyl (C=O) groups excluding carboxylic acids is 1. The van der Waals surface area contributed by atoms with Crippen molar-refractivity contribution >= 4 is 5.91 Å². The summed E-state index contributed by atoms with van der Waals surface area (Å²) in [6, 6.07) is 11.9. The number of hydrogen-bond donors (Lipinski definition) is 1. The highest BCUT2D eigenvalue weighted by Gasteiger charge is 2.36. The third-order valence-corrected chi connectivity index (χ3v) is 4.71. The van der Waals surface area contributed by atoms with Gasteiger partial charge in [0.2, 0.25) is 0 Å². The zero-order chi connectivity index (χ0) is 16.6. The van der Waals surface area contributed by atoms with Crippen LogP contribution in [0, 0.1) is 12.3 Å². The largest absolute Gasteiger partial charge is 0.337 e. The lowest BCUT2D eigenvalue weighted by molar-refractivity contribution is 0.0527. The second-order valence-electron chi connectivity index (χ2n) is 7.03. The molecule has 23 heavy (non-hydrogen) atoms. The first-order valence-electron chi connectivity index (χ1n) is 8.05. The van der Waals surface area contributed by atoms with Gasteiger partial charge in [-0.05, 0) is 37.0 Å². The molecule has 0 spiro atoms. The number of amides is 1. The van der Waals surface area contributed by atoms with E-state index >= 15 is 0 Å². The maximum Gasteiger partial charge on any atom is 0.274 e. The summed E-state index contributed by atoms with van der Waals surface area (Å²) in [5.74, 6) is -0.0113. The Labute approximate surface area is 137 Å². The van der Waals surface area contributed by atoms with Gasteiger partial charge in [0.1, 0.15) is 0 Å². The number of hydrogen-bond acceptors (Lipinski definition) is 3. The maximum absolute atomic E-state index is 12.8. The first-order chi connectivity index (χ1) is 10.9. The van der Waals surface area contributed by atoms with E-state index in [0.717, 1.165) is 17.8 Å². The van der Waals surface area contributed by atoms with Crippen molar-refractivity contribution in [2.75, 3.05) is 13.1 Å². The van der Waals surface area contributed by atoms with E-state index in [1.165, 1.54) is 0 Å². The van der Waals surface area contributed by atoms with Crippen molar-refractivity contribution in [3.05, 3.63) is 47.8 Å². The Morgan fingerprint density at radius 3 is 2.65 bits per heavy atom. The number of benzene rings is 1. The quantitative estimate of drug-likeness (QED) is 0.926. The average Bonchev–Trinajstić information content (AvgIpc) is 2.92. The van der Waals surface area contributed by atoms with Gasteiger partial charge >= 0.3 is 0 Å². The Bertz CT molecular complexity index is 705. The molecular formula is C18H24N4O. The molecule has 1 aliphatic rings. The van der Waals surface area contributed by atoms with Crippen LogP contribution in [0.15, 0.2) is 36.4 Å². The van der Waals surface area contributed by atoms with Crippen LogP contribution in [-0.4, -0.2) is 39.7 Å². The molecule has 0 aliphatic carbocycles. The fourth-order valence-electron chi connectivity index (χ4n) is 3.12. The van der Waals surface area contributed by atoms with E-state index in [0.29, 0.717) is 18.8 Å². The van der Waals surface area contributed by atoms with E-state index in [1.807, 2.05) is 52.9 Å². The molecule has 1 unspecified atom stereocenters. The van der Waals surface area contributed by atoms with Crippen molar-refractivity contribution in [3.63, 3.8) is 0 Å². The van der Waals surface area contributed by atoms with Crippen LogP contribution >= 0.6 is 0 Å². The van der Waals surface area contributed by atoms with Crippen LogP contribution in [0.25, 0.3) is 5.69 Å². The van der Waals surface area contributed by atoms with Crippen LogP contribution in [0.5, 0.6) is 0 Å². The lowest BCUT2D eigenvalue weighted by atomic mass is 9.79. The summed E-state index contributed by atoms with van der Waals surface area (Å²) in [6.07, 6.45) is 0.830. The number of aryl methyl sites for hydroxylation is 1. The third-order valence-electron chi connectivity index (χ3n) is 4.71. The smallest absolute Gasteiger partial charge is 0.274 e. The van der Waals surface area contributed by atoms with Crippen molar-refractivity contribution in [2.45, 2.75) is 33.2 Å². The van der Waals surface area contributed by atoms with Crippen LogP contribution < -0.4 is 5.73 Å². The summed E-state index contributed by atoms with van der Waals surface area (Å²) >= 11 is 0. The normalized spacial score (nSPS) is 20.5. The molecule has 5 nitrogen and oxygen atoms in total. The predicted molar refractivity (Wildman–Crippen MR) is 90.6 cm³/mol. The fourth-order valence-corrected chi connectivity index (χ4v) is 3.12. The molecule has 1 aromatic heterocycles. The third kappa shape index (κ3) is 3.01. The first kappa shape index (κ1) is 15.7. The molecule has 1 atom stereocenters. The van der Waals surface area contributed by atoms with Gasteiger partial charge in [-0.2, -0.15) is 5.10 Å². The van der Waals surface area contributed by atoms with E-state index in [2.05, 4.69) is 18.9 Å². The van der Waals surface area contributed by atoms with Crippen molar-refractivity contribution in [2.24, 2.45) is 11.1 Å². The molecule has 2 N–H and O–H groups in total. The van der Waals surface area contributed by atoms with Crippen molar-refractivity contribution in [1.29, 1.82) is 0 Å². The summed E-state index contributed by atoms with van der Waals surface area (Å²) < 4.78 is 1.81. The molecule has 2 aromatic rings. The van der Waals surface area contributed by atoms with Gasteiger partial charge in [-0.25, -0.2) is 4.68 Å². The Morgan fingerprint density at radius 1 is 1.30 bits per heavy atom. The average molecular weight is 312 g/mol. The SMILES string of the molecule is Cc1cc(C(=O)N2CCC(N)C(C)(C)C2)nn1-c1ccccc1. The van der Waals surface area contributed by atoms with Crippen LogP contribution in [0.2, 0.25) is 0 Å². The highest BCUT2D eigenvalue weighted by atomic mass is 16.2. The second kappa shape index (κ2) is 5.81. The Kier molecular flexibility index (Phi) is 3.98. The minimum absolute atomic E-state index is 0.0113. The van der Waals surface area contributed by atoms with Gasteiger partial charge in [-0.15, -0.1) is 0 Å². The van der Waals surface area contributed by atoms with Gasteiger partial charge in [0, 0.05) is 24.8 Å². The number of carbonyl (C=O) groups is 1. The molecule has 5 heteroatoms. The Morgan fingerprint density at radius 2 is 2.00 bits per heavy atom. The minimum atomic E-state index is -0.0645. The summed E-state index contributed by atoms with van der Waals surface area (Å²) in [5, 5.41) is 4.52. The molecule has 1 saturated heterocycles.